The molecule has 2 rings (SSSR count). The highest BCUT2D eigenvalue weighted by Gasteiger charge is 2.01. The Kier molecular flexibility index (Phi) is 3.07. The lowest BCUT2D eigenvalue weighted by Crippen LogP contribution is -2.07. The highest BCUT2D eigenvalue weighted by molar-refractivity contribution is 5.54. The van der Waals surface area contributed by atoms with Crippen molar-refractivity contribution in [1.29, 1.82) is 0 Å². The summed E-state index contributed by atoms with van der Waals surface area (Å²) < 4.78 is 17.7. The lowest BCUT2D eigenvalue weighted by Gasteiger charge is -2.03. The fourth-order valence-corrected chi connectivity index (χ4v) is 1.23. The maximum atomic E-state index is 12.7. The standard InChI is InChI=1S/C11H10FN3O/c12-9-3-1-8(2-4-9)11-14-5-10(6-15-11)16-7-13/h1-6H,7,13H2. The van der Waals surface area contributed by atoms with Gasteiger partial charge in [0.25, 0.3) is 0 Å². The topological polar surface area (TPSA) is 61.0 Å². The zero-order chi connectivity index (χ0) is 11.4. The molecule has 0 unspecified atom stereocenters. The first kappa shape index (κ1) is 10.5. The van der Waals surface area contributed by atoms with Crippen LogP contribution in [0.1, 0.15) is 0 Å². The van der Waals surface area contributed by atoms with Gasteiger partial charge < -0.3 is 4.74 Å². The molecule has 5 heteroatoms. The monoisotopic (exact) mass is 219 g/mol. The van der Waals surface area contributed by atoms with E-state index in [-0.39, 0.29) is 12.5 Å². The molecule has 1 aromatic heterocycles. The number of aromatic nitrogens is 2. The summed E-state index contributed by atoms with van der Waals surface area (Å²) in [7, 11) is 0. The Labute approximate surface area is 91.9 Å². The Morgan fingerprint density at radius 1 is 1.12 bits per heavy atom. The van der Waals surface area contributed by atoms with Crippen LogP contribution >= 0.6 is 0 Å². The molecule has 1 aromatic carbocycles. The quantitative estimate of drug-likeness (QED) is 0.796. The van der Waals surface area contributed by atoms with E-state index < -0.39 is 0 Å². The highest BCUT2D eigenvalue weighted by Crippen LogP contribution is 2.16. The fraction of sp³-hybridized carbons (Fsp3) is 0.0909. The third-order valence-corrected chi connectivity index (χ3v) is 1.98. The number of ether oxygens (including phenoxy) is 1. The lowest BCUT2D eigenvalue weighted by molar-refractivity contribution is 0.327. The summed E-state index contributed by atoms with van der Waals surface area (Å²) in [6.07, 6.45) is 3.05. The van der Waals surface area contributed by atoms with Gasteiger partial charge in [0.15, 0.2) is 11.6 Å². The average molecular weight is 219 g/mol. The van der Waals surface area contributed by atoms with E-state index in [9.17, 15) is 4.39 Å². The van der Waals surface area contributed by atoms with Gasteiger partial charge in [0.05, 0.1) is 12.4 Å². The Hall–Kier alpha value is -2.01. The summed E-state index contributed by atoms with van der Waals surface area (Å²) in [5.41, 5.74) is 5.96. The summed E-state index contributed by atoms with van der Waals surface area (Å²) in [6.45, 7) is 0.0826. The van der Waals surface area contributed by atoms with Crippen LogP contribution in [0.15, 0.2) is 36.7 Å². The molecule has 0 fully saturated rings. The van der Waals surface area contributed by atoms with Gasteiger partial charge in [0, 0.05) is 5.56 Å². The van der Waals surface area contributed by atoms with E-state index in [1.165, 1.54) is 24.5 Å². The minimum atomic E-state index is -0.285. The van der Waals surface area contributed by atoms with Crippen molar-refractivity contribution in [3.8, 4) is 17.1 Å². The number of hydrogen-bond donors (Lipinski definition) is 1. The summed E-state index contributed by atoms with van der Waals surface area (Å²) in [5, 5.41) is 0. The molecule has 0 aliphatic carbocycles. The van der Waals surface area contributed by atoms with Crippen LogP contribution in [0.3, 0.4) is 0 Å². The molecule has 0 amide bonds. The highest BCUT2D eigenvalue weighted by atomic mass is 19.1. The van der Waals surface area contributed by atoms with E-state index in [2.05, 4.69) is 9.97 Å². The maximum absolute atomic E-state index is 12.7. The first-order chi connectivity index (χ1) is 7.79. The second-order valence-electron chi connectivity index (χ2n) is 3.06. The third-order valence-electron chi connectivity index (χ3n) is 1.98. The first-order valence-electron chi connectivity index (χ1n) is 4.70. The van der Waals surface area contributed by atoms with E-state index >= 15 is 0 Å². The van der Waals surface area contributed by atoms with Crippen LogP contribution in [-0.2, 0) is 0 Å². The maximum Gasteiger partial charge on any atom is 0.159 e. The van der Waals surface area contributed by atoms with Gasteiger partial charge in [0.1, 0.15) is 12.5 Å². The van der Waals surface area contributed by atoms with Crippen molar-refractivity contribution in [3.05, 3.63) is 42.5 Å². The van der Waals surface area contributed by atoms with Crippen LogP contribution < -0.4 is 10.5 Å². The summed E-state index contributed by atoms with van der Waals surface area (Å²) in [6, 6.07) is 5.97. The molecule has 82 valence electrons. The van der Waals surface area contributed by atoms with Crippen LogP contribution in [-0.4, -0.2) is 16.7 Å². The van der Waals surface area contributed by atoms with Crippen LogP contribution in [0.2, 0.25) is 0 Å². The second kappa shape index (κ2) is 4.67. The number of nitrogens with two attached hydrogens (primary N) is 1. The van der Waals surface area contributed by atoms with E-state index in [0.29, 0.717) is 11.6 Å². The van der Waals surface area contributed by atoms with Gasteiger partial charge in [-0.15, -0.1) is 0 Å². The Morgan fingerprint density at radius 3 is 2.31 bits per heavy atom. The number of nitrogens with zero attached hydrogens (tertiary/aromatic N) is 2. The third kappa shape index (κ3) is 2.32. The largest absolute Gasteiger partial charge is 0.475 e. The zero-order valence-electron chi connectivity index (χ0n) is 8.43. The number of rotatable bonds is 3. The van der Waals surface area contributed by atoms with Crippen molar-refractivity contribution in [3.63, 3.8) is 0 Å². The molecule has 0 atom stereocenters. The Bertz CT molecular complexity index is 456. The zero-order valence-corrected chi connectivity index (χ0v) is 8.43. The molecule has 1 heterocycles. The van der Waals surface area contributed by atoms with E-state index in [1.807, 2.05) is 0 Å². The Balaban J connectivity index is 2.24. The van der Waals surface area contributed by atoms with Gasteiger partial charge in [0.2, 0.25) is 0 Å². The minimum Gasteiger partial charge on any atom is -0.475 e. The first-order valence-corrected chi connectivity index (χ1v) is 4.70. The molecular weight excluding hydrogens is 209 g/mol. The van der Waals surface area contributed by atoms with Crippen molar-refractivity contribution in [2.24, 2.45) is 5.73 Å². The van der Waals surface area contributed by atoms with E-state index in [4.69, 9.17) is 10.5 Å². The predicted octanol–water partition coefficient (Wildman–Crippen LogP) is 1.58. The molecule has 16 heavy (non-hydrogen) atoms. The van der Waals surface area contributed by atoms with Gasteiger partial charge in [-0.05, 0) is 24.3 Å². The van der Waals surface area contributed by atoms with Crippen molar-refractivity contribution >= 4 is 0 Å². The number of halogens is 1. The van der Waals surface area contributed by atoms with Gasteiger partial charge in [-0.3, -0.25) is 5.73 Å². The van der Waals surface area contributed by atoms with Crippen LogP contribution in [0.4, 0.5) is 4.39 Å². The molecule has 0 saturated heterocycles. The molecule has 4 nitrogen and oxygen atoms in total. The molecule has 0 radical (unpaired) electrons. The molecule has 0 aliphatic rings. The fourth-order valence-electron chi connectivity index (χ4n) is 1.23. The molecule has 2 N–H and O–H groups in total. The minimum absolute atomic E-state index is 0.0826. The molecular formula is C11H10FN3O. The SMILES string of the molecule is NCOc1cnc(-c2ccc(F)cc2)nc1. The number of hydrogen-bond acceptors (Lipinski definition) is 4. The van der Waals surface area contributed by atoms with Gasteiger partial charge in [-0.1, -0.05) is 0 Å². The summed E-state index contributed by atoms with van der Waals surface area (Å²) >= 11 is 0. The van der Waals surface area contributed by atoms with E-state index in [0.717, 1.165) is 5.56 Å². The van der Waals surface area contributed by atoms with Gasteiger partial charge >= 0.3 is 0 Å². The van der Waals surface area contributed by atoms with Crippen molar-refractivity contribution in [1.82, 2.24) is 9.97 Å². The number of benzene rings is 1. The second-order valence-corrected chi connectivity index (χ2v) is 3.06. The van der Waals surface area contributed by atoms with Crippen molar-refractivity contribution in [2.45, 2.75) is 0 Å². The van der Waals surface area contributed by atoms with Gasteiger partial charge in [-0.25, -0.2) is 14.4 Å². The lowest BCUT2D eigenvalue weighted by atomic mass is 10.2. The van der Waals surface area contributed by atoms with Crippen molar-refractivity contribution in [2.75, 3.05) is 6.73 Å². The summed E-state index contributed by atoms with van der Waals surface area (Å²) in [4.78, 5) is 8.17. The molecule has 0 saturated carbocycles. The normalized spacial score (nSPS) is 10.1. The molecule has 0 aliphatic heterocycles. The summed E-state index contributed by atoms with van der Waals surface area (Å²) in [5.74, 6) is 0.740. The smallest absolute Gasteiger partial charge is 0.159 e. The molecule has 0 spiro atoms. The average Bonchev–Trinajstić information content (AvgIpc) is 2.32. The molecule has 2 aromatic rings. The van der Waals surface area contributed by atoms with Gasteiger partial charge in [-0.2, -0.15) is 0 Å². The predicted molar refractivity (Wildman–Crippen MR) is 57.1 cm³/mol. The van der Waals surface area contributed by atoms with Crippen LogP contribution in [0, 0.1) is 5.82 Å². The molecule has 0 bridgehead atoms. The Morgan fingerprint density at radius 2 is 1.75 bits per heavy atom. The van der Waals surface area contributed by atoms with Crippen molar-refractivity contribution < 1.29 is 9.13 Å². The van der Waals surface area contributed by atoms with Crippen LogP contribution in [0.25, 0.3) is 11.4 Å². The van der Waals surface area contributed by atoms with Crippen LogP contribution in [0.5, 0.6) is 5.75 Å². The van der Waals surface area contributed by atoms with E-state index in [1.54, 1.807) is 12.1 Å².